The van der Waals surface area contributed by atoms with E-state index in [-0.39, 0.29) is 19.1 Å². The Bertz CT molecular complexity index is 980. The van der Waals surface area contributed by atoms with E-state index in [9.17, 15) is 19.4 Å². The summed E-state index contributed by atoms with van der Waals surface area (Å²) in [6.07, 6.45) is 44.7. The van der Waals surface area contributed by atoms with Crippen molar-refractivity contribution in [3.05, 3.63) is 36.5 Å². The molecular formula is C45H87N2O6P. The molecule has 0 heterocycles. The summed E-state index contributed by atoms with van der Waals surface area (Å²) in [5.74, 6) is -0.212. The number of aliphatic hydroxyl groups is 1. The summed E-state index contributed by atoms with van der Waals surface area (Å²) in [5, 5.41) is 13.8. The zero-order chi connectivity index (χ0) is 40.0. The highest BCUT2D eigenvalue weighted by Crippen LogP contribution is 2.38. The van der Waals surface area contributed by atoms with E-state index in [1.165, 1.54) is 109 Å². The molecule has 0 fully saturated rings. The zero-order valence-corrected chi connectivity index (χ0v) is 36.8. The molecule has 0 saturated carbocycles. The zero-order valence-electron chi connectivity index (χ0n) is 35.9. The van der Waals surface area contributed by atoms with Crippen LogP contribution in [0.4, 0.5) is 0 Å². The third-order valence-corrected chi connectivity index (χ3v) is 10.8. The average molecular weight is 783 g/mol. The standard InChI is InChI=1S/C45H87N2O6P/c1-6-8-10-12-14-16-18-20-22-24-26-28-30-32-34-36-38-44(48)43(42-53-54(50,51)52-41-40-47(3,4)5)46-45(49)39-37-35-33-31-29-27-25-23-21-19-17-15-13-11-9-7-2/h17,19,23,25,36,38,43-44,48H,6-16,18,20-22,24,26-35,37,39-42H2,1-5H3,(H-,46,49,50,51)/b19-17-,25-23-,38-36+. The van der Waals surface area contributed by atoms with Crippen LogP contribution in [0.3, 0.4) is 0 Å². The second-order valence-corrected chi connectivity index (χ2v) is 17.8. The molecule has 9 heteroatoms. The predicted octanol–water partition coefficient (Wildman–Crippen LogP) is 11.7. The lowest BCUT2D eigenvalue weighted by atomic mass is 10.0. The number of likely N-dealkylation sites (N-methyl/N-ethyl adjacent to an activating group) is 1. The van der Waals surface area contributed by atoms with Crippen molar-refractivity contribution >= 4 is 13.7 Å². The van der Waals surface area contributed by atoms with Crippen molar-refractivity contribution in [3.8, 4) is 0 Å². The first-order chi connectivity index (χ1) is 26.0. The lowest BCUT2D eigenvalue weighted by molar-refractivity contribution is -0.870. The van der Waals surface area contributed by atoms with Crippen LogP contribution in [0.5, 0.6) is 0 Å². The van der Waals surface area contributed by atoms with E-state index in [0.717, 1.165) is 64.2 Å². The van der Waals surface area contributed by atoms with Gasteiger partial charge in [0.05, 0.1) is 39.9 Å². The van der Waals surface area contributed by atoms with E-state index in [1.54, 1.807) is 6.08 Å². The molecule has 0 saturated heterocycles. The number of nitrogens with one attached hydrogen (secondary N) is 1. The molecule has 318 valence electrons. The Balaban J connectivity index is 4.46. The van der Waals surface area contributed by atoms with Crippen LogP contribution in [-0.4, -0.2) is 68.5 Å². The number of hydrogen-bond donors (Lipinski definition) is 2. The third kappa shape index (κ3) is 39.0. The molecule has 0 aliphatic heterocycles. The average Bonchev–Trinajstić information content (AvgIpc) is 3.12. The van der Waals surface area contributed by atoms with Gasteiger partial charge >= 0.3 is 0 Å². The summed E-state index contributed by atoms with van der Waals surface area (Å²) in [7, 11) is 1.25. The first-order valence-corrected chi connectivity index (χ1v) is 23.8. The number of rotatable bonds is 40. The second-order valence-electron chi connectivity index (χ2n) is 16.4. The summed E-state index contributed by atoms with van der Waals surface area (Å²) in [5.41, 5.74) is 0. The molecule has 0 aromatic rings. The van der Waals surface area contributed by atoms with Crippen LogP contribution >= 0.6 is 7.82 Å². The molecule has 1 amide bonds. The van der Waals surface area contributed by atoms with Crippen molar-refractivity contribution in [1.29, 1.82) is 0 Å². The smallest absolute Gasteiger partial charge is 0.268 e. The maximum atomic E-state index is 12.8. The minimum absolute atomic E-state index is 0.00413. The van der Waals surface area contributed by atoms with Gasteiger partial charge in [-0.05, 0) is 51.4 Å². The molecule has 54 heavy (non-hydrogen) atoms. The maximum Gasteiger partial charge on any atom is 0.268 e. The van der Waals surface area contributed by atoms with Gasteiger partial charge in [-0.15, -0.1) is 0 Å². The Hall–Kier alpha value is -1.28. The Morgan fingerprint density at radius 3 is 1.56 bits per heavy atom. The summed E-state index contributed by atoms with van der Waals surface area (Å²) < 4.78 is 23.2. The van der Waals surface area contributed by atoms with Crippen LogP contribution in [0.1, 0.15) is 194 Å². The molecule has 0 aliphatic carbocycles. The van der Waals surface area contributed by atoms with Gasteiger partial charge in [-0.2, -0.15) is 0 Å². The van der Waals surface area contributed by atoms with Crippen LogP contribution in [0.25, 0.3) is 0 Å². The monoisotopic (exact) mass is 783 g/mol. The Morgan fingerprint density at radius 1 is 0.648 bits per heavy atom. The second kappa shape index (κ2) is 37.3. The van der Waals surface area contributed by atoms with Crippen LogP contribution < -0.4 is 10.2 Å². The van der Waals surface area contributed by atoms with Crippen LogP contribution in [-0.2, 0) is 18.4 Å². The maximum absolute atomic E-state index is 12.8. The number of carbonyl (C=O) groups is 1. The van der Waals surface area contributed by atoms with E-state index < -0.39 is 20.0 Å². The highest BCUT2D eigenvalue weighted by Gasteiger charge is 2.23. The van der Waals surface area contributed by atoms with Crippen LogP contribution in [0.2, 0.25) is 0 Å². The number of allylic oxidation sites excluding steroid dienone is 5. The molecule has 0 rings (SSSR count). The lowest BCUT2D eigenvalue weighted by Gasteiger charge is -2.29. The topological polar surface area (TPSA) is 108 Å². The number of aliphatic hydroxyl groups excluding tert-OH is 1. The number of carbonyl (C=O) groups excluding carboxylic acids is 1. The minimum atomic E-state index is -4.59. The molecule has 8 nitrogen and oxygen atoms in total. The molecule has 0 radical (unpaired) electrons. The summed E-state index contributed by atoms with van der Waals surface area (Å²) in [4.78, 5) is 25.3. The first kappa shape index (κ1) is 52.7. The molecule has 0 aromatic heterocycles. The molecule has 3 atom stereocenters. The first-order valence-electron chi connectivity index (χ1n) is 22.4. The van der Waals surface area contributed by atoms with Crippen molar-refractivity contribution in [1.82, 2.24) is 5.32 Å². The number of unbranched alkanes of at least 4 members (excludes halogenated alkanes) is 23. The highest BCUT2D eigenvalue weighted by molar-refractivity contribution is 7.45. The Labute approximate surface area is 334 Å². The fourth-order valence-corrected chi connectivity index (χ4v) is 6.96. The Kier molecular flexibility index (Phi) is 36.4. The normalized spacial score (nSPS) is 14.7. The van der Waals surface area contributed by atoms with E-state index in [0.29, 0.717) is 17.4 Å². The van der Waals surface area contributed by atoms with Gasteiger partial charge < -0.3 is 28.8 Å². The van der Waals surface area contributed by atoms with Gasteiger partial charge in [-0.3, -0.25) is 9.36 Å². The highest BCUT2D eigenvalue weighted by atomic mass is 31.2. The van der Waals surface area contributed by atoms with Gasteiger partial charge in [0.25, 0.3) is 7.82 Å². The van der Waals surface area contributed by atoms with E-state index >= 15 is 0 Å². The molecule has 2 N–H and O–H groups in total. The summed E-state index contributed by atoms with van der Waals surface area (Å²) in [6.45, 7) is 4.61. The summed E-state index contributed by atoms with van der Waals surface area (Å²) >= 11 is 0. The van der Waals surface area contributed by atoms with Gasteiger partial charge in [0.1, 0.15) is 13.2 Å². The van der Waals surface area contributed by atoms with E-state index in [2.05, 4.69) is 43.5 Å². The number of quaternary nitrogens is 1. The fraction of sp³-hybridized carbons (Fsp3) is 0.844. The molecule has 0 spiro atoms. The van der Waals surface area contributed by atoms with Gasteiger partial charge in [-0.1, -0.05) is 172 Å². The molecular weight excluding hydrogens is 695 g/mol. The van der Waals surface area contributed by atoms with Gasteiger partial charge in [0.2, 0.25) is 5.91 Å². The number of nitrogens with zero attached hydrogens (tertiary/aromatic N) is 1. The third-order valence-electron chi connectivity index (χ3n) is 9.84. The molecule has 0 aromatic carbocycles. The van der Waals surface area contributed by atoms with Crippen LogP contribution in [0.15, 0.2) is 36.5 Å². The van der Waals surface area contributed by atoms with E-state index in [1.807, 2.05) is 27.2 Å². The van der Waals surface area contributed by atoms with Crippen molar-refractivity contribution in [2.75, 3.05) is 40.9 Å². The minimum Gasteiger partial charge on any atom is -0.756 e. The number of hydrogen-bond acceptors (Lipinski definition) is 6. The number of phosphoric acid groups is 1. The molecule has 0 bridgehead atoms. The fourth-order valence-electron chi connectivity index (χ4n) is 6.24. The SMILES string of the molecule is CCCCCC/C=C\C/C=C\CCCCCCCC(=O)NC(COP(=O)([O-])OCC[N+](C)(C)C)C(O)/C=C/CCCCCCCCCCCCCCCC. The molecule has 3 unspecified atom stereocenters. The van der Waals surface area contributed by atoms with Gasteiger partial charge in [0, 0.05) is 6.42 Å². The van der Waals surface area contributed by atoms with Gasteiger partial charge in [0.15, 0.2) is 0 Å². The Morgan fingerprint density at radius 2 is 1.07 bits per heavy atom. The lowest BCUT2D eigenvalue weighted by Crippen LogP contribution is -2.45. The van der Waals surface area contributed by atoms with Crippen LogP contribution in [0, 0.1) is 0 Å². The van der Waals surface area contributed by atoms with Gasteiger partial charge in [-0.25, -0.2) is 0 Å². The molecule has 0 aliphatic rings. The predicted molar refractivity (Wildman–Crippen MR) is 228 cm³/mol. The summed E-state index contributed by atoms with van der Waals surface area (Å²) in [6, 6.07) is -0.892. The van der Waals surface area contributed by atoms with Crippen molar-refractivity contribution in [2.45, 2.75) is 206 Å². The quantitative estimate of drug-likeness (QED) is 0.0277. The van der Waals surface area contributed by atoms with E-state index in [4.69, 9.17) is 9.05 Å². The number of phosphoric ester groups is 1. The van der Waals surface area contributed by atoms with Crippen molar-refractivity contribution in [2.24, 2.45) is 0 Å². The van der Waals surface area contributed by atoms with Crippen molar-refractivity contribution in [3.63, 3.8) is 0 Å². The van der Waals surface area contributed by atoms with Crippen molar-refractivity contribution < 1.29 is 32.9 Å². The largest absolute Gasteiger partial charge is 0.756 e. The number of amides is 1.